The first-order chi connectivity index (χ1) is 14.0. The maximum atomic E-state index is 12.9. The van der Waals surface area contributed by atoms with E-state index in [4.69, 9.17) is 15.2 Å². The molecule has 5 nitrogen and oxygen atoms in total. The largest absolute Gasteiger partial charge is 0.497 e. The highest BCUT2D eigenvalue weighted by molar-refractivity contribution is 5.83. The monoisotopic (exact) mass is 394 g/mol. The number of likely N-dealkylation sites (tertiary alicyclic amines) is 1. The molecule has 1 aliphatic heterocycles. The molecular weight excluding hydrogens is 364 g/mol. The molecule has 4 rings (SSSR count). The number of nitrogens with zero attached hydrogens (tertiary/aromatic N) is 1. The molecule has 1 saturated carbocycles. The van der Waals surface area contributed by atoms with Crippen LogP contribution in [0.2, 0.25) is 0 Å². The third kappa shape index (κ3) is 4.31. The lowest BCUT2D eigenvalue weighted by atomic mass is 9.82. The van der Waals surface area contributed by atoms with Gasteiger partial charge in [-0.3, -0.25) is 4.79 Å². The molecule has 1 heterocycles. The van der Waals surface area contributed by atoms with Crippen LogP contribution in [-0.2, 0) is 21.6 Å². The van der Waals surface area contributed by atoms with Gasteiger partial charge in [-0.2, -0.15) is 0 Å². The maximum Gasteiger partial charge on any atom is 0.240 e. The number of benzene rings is 2. The van der Waals surface area contributed by atoms with Crippen LogP contribution in [0.25, 0.3) is 0 Å². The highest BCUT2D eigenvalue weighted by Crippen LogP contribution is 2.40. The number of amides is 1. The van der Waals surface area contributed by atoms with E-state index in [2.05, 4.69) is 19.1 Å². The van der Waals surface area contributed by atoms with Crippen molar-refractivity contribution in [2.75, 3.05) is 26.8 Å². The van der Waals surface area contributed by atoms with Crippen LogP contribution in [0, 0.1) is 12.8 Å². The molecule has 154 valence electrons. The van der Waals surface area contributed by atoms with Crippen LogP contribution in [0.5, 0.6) is 5.75 Å². The van der Waals surface area contributed by atoms with Crippen molar-refractivity contribution in [1.82, 2.24) is 4.90 Å². The number of rotatable bonds is 8. The number of aryl methyl sites for hydroxylation is 1. The fourth-order valence-electron chi connectivity index (χ4n) is 4.05. The van der Waals surface area contributed by atoms with Crippen molar-refractivity contribution in [3.8, 4) is 5.75 Å². The quantitative estimate of drug-likeness (QED) is 0.747. The van der Waals surface area contributed by atoms with Gasteiger partial charge in [-0.1, -0.05) is 36.4 Å². The summed E-state index contributed by atoms with van der Waals surface area (Å²) in [5, 5.41) is 0. The second kappa shape index (κ2) is 8.17. The first-order valence-electron chi connectivity index (χ1n) is 10.4. The van der Waals surface area contributed by atoms with E-state index in [0.29, 0.717) is 25.4 Å². The molecule has 2 fully saturated rings. The zero-order valence-electron chi connectivity index (χ0n) is 17.3. The van der Waals surface area contributed by atoms with Gasteiger partial charge in [0.1, 0.15) is 11.4 Å². The number of nitrogens with two attached hydrogens (primary N) is 1. The average Bonchev–Trinajstić information content (AvgIpc) is 3.53. The fourth-order valence-corrected chi connectivity index (χ4v) is 4.05. The number of hydrogen-bond donors (Lipinski definition) is 1. The molecular formula is C24H30N2O3. The normalized spacial score (nSPS) is 18.8. The molecule has 29 heavy (non-hydrogen) atoms. The van der Waals surface area contributed by atoms with Gasteiger partial charge in [0.05, 0.1) is 32.8 Å². The Bertz CT molecular complexity index is 855. The molecule has 1 amide bonds. The summed E-state index contributed by atoms with van der Waals surface area (Å²) in [6.07, 6.45) is 3.01. The number of hydrogen-bond acceptors (Lipinski definition) is 4. The summed E-state index contributed by atoms with van der Waals surface area (Å²) in [7, 11) is 1.64. The van der Waals surface area contributed by atoms with Crippen LogP contribution in [0.1, 0.15) is 29.5 Å². The number of carbonyl (C=O) groups excluding carboxylic acids is 1. The smallest absolute Gasteiger partial charge is 0.240 e. The van der Waals surface area contributed by atoms with E-state index in [0.717, 1.165) is 17.9 Å². The zero-order chi connectivity index (χ0) is 20.4. The molecule has 5 heteroatoms. The minimum atomic E-state index is -0.554. The Morgan fingerprint density at radius 1 is 1.17 bits per heavy atom. The second-order valence-corrected chi connectivity index (χ2v) is 8.42. The Hall–Kier alpha value is -2.37. The second-order valence-electron chi connectivity index (χ2n) is 8.42. The van der Waals surface area contributed by atoms with E-state index in [1.165, 1.54) is 24.0 Å². The van der Waals surface area contributed by atoms with Gasteiger partial charge in [-0.05, 0) is 60.9 Å². The molecule has 0 aromatic heterocycles. The van der Waals surface area contributed by atoms with Crippen molar-refractivity contribution in [1.29, 1.82) is 0 Å². The molecule has 0 spiro atoms. The van der Waals surface area contributed by atoms with Crippen LogP contribution >= 0.6 is 0 Å². The zero-order valence-corrected chi connectivity index (χ0v) is 17.3. The minimum absolute atomic E-state index is 0.0138. The van der Waals surface area contributed by atoms with Crippen LogP contribution in [-0.4, -0.2) is 43.7 Å². The maximum absolute atomic E-state index is 12.9. The molecule has 2 N–H and O–H groups in total. The van der Waals surface area contributed by atoms with Gasteiger partial charge in [0.15, 0.2) is 0 Å². The SMILES string of the molecule is COc1ccc(CC(N)C(=O)N2CC(OCC3CC3)(c3ccccc3C)C2)cc1. The van der Waals surface area contributed by atoms with Crippen molar-refractivity contribution in [3.05, 3.63) is 65.2 Å². The van der Waals surface area contributed by atoms with Crippen molar-refractivity contribution < 1.29 is 14.3 Å². The Morgan fingerprint density at radius 2 is 1.86 bits per heavy atom. The average molecular weight is 395 g/mol. The van der Waals surface area contributed by atoms with Gasteiger partial charge in [-0.25, -0.2) is 0 Å². The number of carbonyl (C=O) groups is 1. The molecule has 1 aliphatic carbocycles. The Labute approximate surface area is 172 Å². The Balaban J connectivity index is 1.41. The number of ether oxygens (including phenoxy) is 2. The molecule has 0 bridgehead atoms. The van der Waals surface area contributed by atoms with Crippen LogP contribution in [0.4, 0.5) is 0 Å². The summed E-state index contributed by atoms with van der Waals surface area (Å²) >= 11 is 0. The standard InChI is InChI=1S/C24H30N2O3/c1-17-5-3-4-6-21(17)24(29-14-19-7-8-19)15-26(16-24)23(27)22(25)13-18-9-11-20(28-2)12-10-18/h3-6,9-12,19,22H,7-8,13-16,25H2,1-2H3. The lowest BCUT2D eigenvalue weighted by molar-refractivity contribution is -0.175. The number of methoxy groups -OCH3 is 1. The van der Waals surface area contributed by atoms with E-state index in [9.17, 15) is 4.79 Å². The minimum Gasteiger partial charge on any atom is -0.497 e. The third-order valence-electron chi connectivity index (χ3n) is 6.06. The summed E-state index contributed by atoms with van der Waals surface area (Å²) in [6.45, 7) is 4.02. The fraction of sp³-hybridized carbons (Fsp3) is 0.458. The molecule has 1 unspecified atom stereocenters. The van der Waals surface area contributed by atoms with Gasteiger partial charge in [0, 0.05) is 0 Å². The lowest BCUT2D eigenvalue weighted by Gasteiger charge is -2.51. The van der Waals surface area contributed by atoms with Crippen molar-refractivity contribution in [2.45, 2.75) is 37.8 Å². The lowest BCUT2D eigenvalue weighted by Crippen LogP contribution is -2.65. The van der Waals surface area contributed by atoms with Crippen LogP contribution in [0.3, 0.4) is 0 Å². The highest BCUT2D eigenvalue weighted by Gasteiger charge is 2.49. The Kier molecular flexibility index (Phi) is 5.61. The Morgan fingerprint density at radius 3 is 2.48 bits per heavy atom. The summed E-state index contributed by atoms with van der Waals surface area (Å²) in [5.74, 6) is 1.46. The van der Waals surface area contributed by atoms with E-state index >= 15 is 0 Å². The molecule has 2 aromatic carbocycles. The summed E-state index contributed by atoms with van der Waals surface area (Å²) in [5.41, 5.74) is 9.28. The van der Waals surface area contributed by atoms with Crippen LogP contribution in [0.15, 0.2) is 48.5 Å². The van der Waals surface area contributed by atoms with Gasteiger partial charge < -0.3 is 20.1 Å². The van der Waals surface area contributed by atoms with E-state index in [1.54, 1.807) is 7.11 Å². The molecule has 0 radical (unpaired) electrons. The van der Waals surface area contributed by atoms with Gasteiger partial charge in [0.2, 0.25) is 5.91 Å². The first kappa shape index (κ1) is 19.9. The van der Waals surface area contributed by atoms with E-state index in [1.807, 2.05) is 41.3 Å². The van der Waals surface area contributed by atoms with Crippen molar-refractivity contribution >= 4 is 5.91 Å². The van der Waals surface area contributed by atoms with Crippen LogP contribution < -0.4 is 10.5 Å². The molecule has 1 atom stereocenters. The predicted molar refractivity (Wildman–Crippen MR) is 113 cm³/mol. The molecule has 2 aromatic rings. The van der Waals surface area contributed by atoms with Gasteiger partial charge in [0.25, 0.3) is 0 Å². The third-order valence-corrected chi connectivity index (χ3v) is 6.06. The molecule has 2 aliphatic rings. The van der Waals surface area contributed by atoms with Gasteiger partial charge in [-0.15, -0.1) is 0 Å². The van der Waals surface area contributed by atoms with Crippen molar-refractivity contribution in [2.24, 2.45) is 11.7 Å². The molecule has 1 saturated heterocycles. The summed E-state index contributed by atoms with van der Waals surface area (Å²) < 4.78 is 11.6. The van der Waals surface area contributed by atoms with E-state index in [-0.39, 0.29) is 5.91 Å². The van der Waals surface area contributed by atoms with Crippen molar-refractivity contribution in [3.63, 3.8) is 0 Å². The van der Waals surface area contributed by atoms with Gasteiger partial charge >= 0.3 is 0 Å². The summed E-state index contributed by atoms with van der Waals surface area (Å²) in [6, 6.07) is 15.5. The first-order valence-corrected chi connectivity index (χ1v) is 10.4. The highest BCUT2D eigenvalue weighted by atomic mass is 16.5. The summed E-state index contributed by atoms with van der Waals surface area (Å²) in [4.78, 5) is 14.8. The topological polar surface area (TPSA) is 64.8 Å². The van der Waals surface area contributed by atoms with E-state index < -0.39 is 11.6 Å². The predicted octanol–water partition coefficient (Wildman–Crippen LogP) is 3.04.